The Morgan fingerprint density at radius 1 is 1.02 bits per heavy atom. The van der Waals surface area contributed by atoms with Crippen molar-refractivity contribution in [3.63, 3.8) is 0 Å². The summed E-state index contributed by atoms with van der Waals surface area (Å²) in [6, 6.07) is 11.4. The molecule has 3 aromatic rings. The Bertz CT molecular complexity index is 1820. The van der Waals surface area contributed by atoms with E-state index in [9.17, 15) is 37.7 Å². The standard InChI is InChI=1S/C32H34FN5O9S/c1-19(2)17-34-30(40)26-16-27(48(45,46)23-13-11-22(12-14-23)38(43)44)29(24-9-4-5-10-25(24)33)37(26)28(39)18-35-32(42)36-21-8-6-7-20(15-21)31(41)47-3/h4-15,19,26-27,29H,16-18H2,1-3H3,(H,34,40)(H2,35,36,42). The highest BCUT2D eigenvalue weighted by molar-refractivity contribution is 7.92. The number of nitro groups is 1. The minimum Gasteiger partial charge on any atom is -0.465 e. The van der Waals surface area contributed by atoms with Crippen molar-refractivity contribution in [1.82, 2.24) is 15.5 Å². The molecule has 0 saturated carbocycles. The number of halogens is 1. The molecule has 0 bridgehead atoms. The first-order chi connectivity index (χ1) is 22.7. The number of carbonyl (C=O) groups is 4. The van der Waals surface area contributed by atoms with Gasteiger partial charge in [-0.1, -0.05) is 38.1 Å². The third-order valence-electron chi connectivity index (χ3n) is 7.66. The maximum atomic E-state index is 15.4. The second-order valence-corrected chi connectivity index (χ2v) is 13.5. The Morgan fingerprint density at radius 2 is 1.71 bits per heavy atom. The van der Waals surface area contributed by atoms with E-state index in [2.05, 4.69) is 20.7 Å². The average molecular weight is 684 g/mol. The van der Waals surface area contributed by atoms with Crippen LogP contribution in [0.25, 0.3) is 0 Å². The van der Waals surface area contributed by atoms with Gasteiger partial charge in [-0.15, -0.1) is 0 Å². The van der Waals surface area contributed by atoms with Crippen LogP contribution in [-0.2, 0) is 24.2 Å². The molecule has 3 atom stereocenters. The van der Waals surface area contributed by atoms with Gasteiger partial charge in [0.2, 0.25) is 11.8 Å². The molecule has 4 amide bonds. The number of ether oxygens (including phenoxy) is 1. The smallest absolute Gasteiger partial charge is 0.337 e. The molecule has 14 nitrogen and oxygen atoms in total. The SMILES string of the molecule is COC(=O)c1cccc(NC(=O)NCC(=O)N2C(C(=O)NCC(C)C)CC(S(=O)(=O)c3ccc([N+](=O)[O-])cc3)C2c2ccccc2F)c1. The molecule has 3 unspecified atom stereocenters. The molecule has 1 fully saturated rings. The second kappa shape index (κ2) is 15.0. The van der Waals surface area contributed by atoms with Gasteiger partial charge in [0.15, 0.2) is 9.84 Å². The first kappa shape index (κ1) is 35.5. The lowest BCUT2D eigenvalue weighted by Crippen LogP contribution is -2.50. The molecule has 48 heavy (non-hydrogen) atoms. The van der Waals surface area contributed by atoms with Crippen molar-refractivity contribution in [2.24, 2.45) is 5.92 Å². The normalized spacial score (nSPS) is 17.4. The van der Waals surface area contributed by atoms with E-state index in [0.29, 0.717) is 0 Å². The Kier molecular flexibility index (Phi) is 11.1. The van der Waals surface area contributed by atoms with Gasteiger partial charge in [-0.3, -0.25) is 19.7 Å². The molecule has 0 spiro atoms. The van der Waals surface area contributed by atoms with Gasteiger partial charge in [0.05, 0.1) is 40.3 Å². The van der Waals surface area contributed by atoms with Crippen LogP contribution in [-0.4, -0.2) is 73.5 Å². The second-order valence-electron chi connectivity index (χ2n) is 11.4. The number of sulfone groups is 1. The van der Waals surface area contributed by atoms with E-state index >= 15 is 4.39 Å². The molecule has 1 saturated heterocycles. The molecule has 1 heterocycles. The fraction of sp³-hybridized carbons (Fsp3) is 0.312. The van der Waals surface area contributed by atoms with Crippen LogP contribution in [0.15, 0.2) is 77.7 Å². The number of urea groups is 1. The minimum atomic E-state index is -4.45. The van der Waals surface area contributed by atoms with Crippen LogP contribution in [0.1, 0.15) is 42.2 Å². The van der Waals surface area contributed by atoms with Crippen LogP contribution >= 0.6 is 0 Å². The van der Waals surface area contributed by atoms with Gasteiger partial charge >= 0.3 is 12.0 Å². The molecule has 4 rings (SSSR count). The maximum absolute atomic E-state index is 15.4. The Morgan fingerprint density at radius 3 is 2.33 bits per heavy atom. The molecule has 1 aliphatic rings. The predicted molar refractivity (Wildman–Crippen MR) is 171 cm³/mol. The first-order valence-corrected chi connectivity index (χ1v) is 16.3. The molecule has 1 aliphatic heterocycles. The molecular weight excluding hydrogens is 649 g/mol. The summed E-state index contributed by atoms with van der Waals surface area (Å²) in [4.78, 5) is 63.2. The number of carbonyl (C=O) groups excluding carboxylic acids is 4. The number of non-ortho nitro benzene ring substituents is 1. The molecular formula is C32H34FN5O9S. The number of esters is 1. The number of nitro benzene ring substituents is 1. The van der Waals surface area contributed by atoms with E-state index in [4.69, 9.17) is 0 Å². The van der Waals surface area contributed by atoms with Crippen molar-refractivity contribution < 1.29 is 41.6 Å². The van der Waals surface area contributed by atoms with E-state index in [1.807, 2.05) is 13.8 Å². The number of amides is 4. The summed E-state index contributed by atoms with van der Waals surface area (Å²) >= 11 is 0. The number of anilines is 1. The Hall–Kier alpha value is -5.38. The summed E-state index contributed by atoms with van der Waals surface area (Å²) in [5.41, 5.74) is -0.167. The van der Waals surface area contributed by atoms with E-state index in [-0.39, 0.29) is 39.9 Å². The van der Waals surface area contributed by atoms with Gasteiger partial charge in [-0.25, -0.2) is 22.4 Å². The predicted octanol–water partition coefficient (Wildman–Crippen LogP) is 3.60. The molecule has 0 aliphatic carbocycles. The molecule has 3 aromatic carbocycles. The fourth-order valence-corrected chi connectivity index (χ4v) is 7.30. The molecule has 0 aromatic heterocycles. The van der Waals surface area contributed by atoms with Gasteiger partial charge in [0.25, 0.3) is 5.69 Å². The van der Waals surface area contributed by atoms with Crippen molar-refractivity contribution in [2.45, 2.75) is 42.5 Å². The minimum absolute atomic E-state index is 0.00422. The zero-order valence-corrected chi connectivity index (χ0v) is 27.0. The highest BCUT2D eigenvalue weighted by atomic mass is 32.2. The van der Waals surface area contributed by atoms with Crippen molar-refractivity contribution in [3.8, 4) is 0 Å². The van der Waals surface area contributed by atoms with Crippen LogP contribution in [0.5, 0.6) is 0 Å². The summed E-state index contributed by atoms with van der Waals surface area (Å²) in [6.07, 6.45) is -0.430. The summed E-state index contributed by atoms with van der Waals surface area (Å²) in [5, 5.41) is 17.2. The summed E-state index contributed by atoms with van der Waals surface area (Å²) in [7, 11) is -3.25. The maximum Gasteiger partial charge on any atom is 0.337 e. The Labute approximate surface area is 275 Å². The van der Waals surface area contributed by atoms with Gasteiger partial charge in [0, 0.05) is 29.9 Å². The van der Waals surface area contributed by atoms with E-state index in [1.165, 1.54) is 49.6 Å². The first-order valence-electron chi connectivity index (χ1n) is 14.8. The number of nitrogens with one attached hydrogen (secondary N) is 3. The average Bonchev–Trinajstić information content (AvgIpc) is 3.47. The molecule has 0 radical (unpaired) electrons. The monoisotopic (exact) mass is 683 g/mol. The largest absolute Gasteiger partial charge is 0.465 e. The number of hydrogen-bond acceptors (Lipinski definition) is 9. The fourth-order valence-electron chi connectivity index (χ4n) is 5.38. The topological polar surface area (TPSA) is 194 Å². The van der Waals surface area contributed by atoms with Crippen LogP contribution in [0.2, 0.25) is 0 Å². The molecule has 254 valence electrons. The quantitative estimate of drug-likeness (QED) is 0.154. The molecule has 3 N–H and O–H groups in total. The van der Waals surface area contributed by atoms with E-state index in [1.54, 1.807) is 0 Å². The zero-order valence-electron chi connectivity index (χ0n) is 26.2. The summed E-state index contributed by atoms with van der Waals surface area (Å²) in [5.74, 6) is -3.02. The van der Waals surface area contributed by atoms with Crippen molar-refractivity contribution in [1.29, 1.82) is 0 Å². The zero-order chi connectivity index (χ0) is 35.2. The lowest BCUT2D eigenvalue weighted by Gasteiger charge is -2.32. The van der Waals surface area contributed by atoms with Gasteiger partial charge < -0.3 is 25.6 Å². The summed E-state index contributed by atoms with van der Waals surface area (Å²) in [6.45, 7) is 3.16. The number of likely N-dealkylation sites (tertiary alicyclic amines) is 1. The van der Waals surface area contributed by atoms with Crippen molar-refractivity contribution in [2.75, 3.05) is 25.5 Å². The van der Waals surface area contributed by atoms with Crippen LogP contribution in [0.3, 0.4) is 0 Å². The number of hydrogen-bond donors (Lipinski definition) is 3. The number of nitrogens with zero attached hydrogens (tertiary/aromatic N) is 2. The van der Waals surface area contributed by atoms with Gasteiger partial charge in [-0.05, 0) is 48.7 Å². The van der Waals surface area contributed by atoms with Crippen LogP contribution in [0.4, 0.5) is 20.6 Å². The number of methoxy groups -OCH3 is 1. The summed E-state index contributed by atoms with van der Waals surface area (Å²) < 4.78 is 48.3. The highest BCUT2D eigenvalue weighted by Crippen LogP contribution is 2.43. The van der Waals surface area contributed by atoms with Crippen molar-refractivity contribution in [3.05, 3.63) is 99.9 Å². The lowest BCUT2D eigenvalue weighted by atomic mass is 10.0. The number of benzene rings is 3. The van der Waals surface area contributed by atoms with Gasteiger partial charge in [0.1, 0.15) is 11.9 Å². The molecule has 16 heteroatoms. The number of rotatable bonds is 11. The van der Waals surface area contributed by atoms with Crippen LogP contribution in [0, 0.1) is 21.8 Å². The van der Waals surface area contributed by atoms with Gasteiger partial charge in [-0.2, -0.15) is 0 Å². The van der Waals surface area contributed by atoms with Crippen LogP contribution < -0.4 is 16.0 Å². The third-order valence-corrected chi connectivity index (χ3v) is 9.84. The Balaban J connectivity index is 1.69. The van der Waals surface area contributed by atoms with E-state index in [0.717, 1.165) is 35.2 Å². The third kappa shape index (κ3) is 7.94. The van der Waals surface area contributed by atoms with E-state index < -0.39 is 74.7 Å². The van der Waals surface area contributed by atoms with Crippen molar-refractivity contribution >= 4 is 45.0 Å². The lowest BCUT2D eigenvalue weighted by molar-refractivity contribution is -0.384. The highest BCUT2D eigenvalue weighted by Gasteiger charge is 2.53.